The van der Waals surface area contributed by atoms with Gasteiger partial charge in [0.1, 0.15) is 18.1 Å². The summed E-state index contributed by atoms with van der Waals surface area (Å²) in [6, 6.07) is 9.09. The van der Waals surface area contributed by atoms with Gasteiger partial charge in [-0.05, 0) is 35.9 Å². The van der Waals surface area contributed by atoms with Crippen molar-refractivity contribution in [2.75, 3.05) is 11.6 Å². The van der Waals surface area contributed by atoms with Gasteiger partial charge in [0.05, 0.1) is 6.54 Å². The van der Waals surface area contributed by atoms with E-state index in [1.54, 1.807) is 18.4 Å². The maximum atomic E-state index is 11.3. The van der Waals surface area contributed by atoms with Crippen LogP contribution in [0.2, 0.25) is 5.02 Å². The van der Waals surface area contributed by atoms with Gasteiger partial charge in [-0.2, -0.15) is 0 Å². The van der Waals surface area contributed by atoms with Gasteiger partial charge >= 0.3 is 0 Å². The Hall–Kier alpha value is -1.30. The highest BCUT2D eigenvalue weighted by Gasteiger charge is 2.05. The summed E-state index contributed by atoms with van der Waals surface area (Å²) in [6.45, 7) is 0.406. The number of hydrogen-bond acceptors (Lipinski definition) is 4. The van der Waals surface area contributed by atoms with Crippen LogP contribution in [0.15, 0.2) is 34.7 Å². The molecule has 0 aliphatic carbocycles. The second kappa shape index (κ2) is 6.92. The van der Waals surface area contributed by atoms with Crippen molar-refractivity contribution in [3.8, 4) is 0 Å². The van der Waals surface area contributed by atoms with Gasteiger partial charge in [-0.1, -0.05) is 11.6 Å². The Labute approximate surface area is 125 Å². The van der Waals surface area contributed by atoms with Crippen LogP contribution in [0.3, 0.4) is 0 Å². The normalized spacial score (nSPS) is 12.3. The lowest BCUT2D eigenvalue weighted by atomic mass is 10.2. The van der Waals surface area contributed by atoms with E-state index < -0.39 is 10.8 Å². The molecule has 1 heterocycles. The summed E-state index contributed by atoms with van der Waals surface area (Å²) in [7, 11) is -0.931. The fourth-order valence-electron chi connectivity index (χ4n) is 1.81. The van der Waals surface area contributed by atoms with E-state index >= 15 is 0 Å². The molecule has 0 amide bonds. The Balaban J connectivity index is 2.03. The van der Waals surface area contributed by atoms with Crippen LogP contribution in [0.1, 0.15) is 17.1 Å². The highest BCUT2D eigenvalue weighted by molar-refractivity contribution is 7.83. The predicted octanol–water partition coefficient (Wildman–Crippen LogP) is 2.92. The number of nitrogens with one attached hydrogen (secondary N) is 1. The van der Waals surface area contributed by atoms with E-state index in [0.29, 0.717) is 23.1 Å². The van der Waals surface area contributed by atoms with Crippen molar-refractivity contribution >= 4 is 28.1 Å². The summed E-state index contributed by atoms with van der Waals surface area (Å²) in [5.41, 5.74) is 1.74. The van der Waals surface area contributed by atoms with Crippen LogP contribution in [-0.4, -0.2) is 15.6 Å². The second-order valence-corrected chi connectivity index (χ2v) is 6.25. The Morgan fingerprint density at radius 2 is 2.05 bits per heavy atom. The molecular weight excluding hydrogens is 298 g/mol. The number of anilines is 1. The molecular formula is C14H16ClNO3S. The number of halogens is 1. The van der Waals surface area contributed by atoms with Gasteiger partial charge in [0, 0.05) is 33.5 Å². The molecule has 1 aromatic heterocycles. The van der Waals surface area contributed by atoms with Crippen LogP contribution in [0.25, 0.3) is 0 Å². The Kier molecular flexibility index (Phi) is 5.23. The maximum absolute atomic E-state index is 11.3. The van der Waals surface area contributed by atoms with E-state index in [2.05, 4.69) is 5.32 Å². The molecule has 0 aliphatic rings. The van der Waals surface area contributed by atoms with Gasteiger partial charge in [0.25, 0.3) is 0 Å². The molecule has 0 radical (unpaired) electrons. The van der Waals surface area contributed by atoms with E-state index in [1.807, 2.05) is 18.2 Å². The number of benzene rings is 1. The Morgan fingerprint density at radius 3 is 2.70 bits per heavy atom. The summed E-state index contributed by atoms with van der Waals surface area (Å²) >= 11 is 6.07. The number of hydrogen-bond donors (Lipinski definition) is 2. The van der Waals surface area contributed by atoms with Gasteiger partial charge in [-0.15, -0.1) is 0 Å². The summed E-state index contributed by atoms with van der Waals surface area (Å²) < 4.78 is 16.7. The summed E-state index contributed by atoms with van der Waals surface area (Å²) in [4.78, 5) is 0. The molecule has 6 heteroatoms. The SMILES string of the molecule is C[S@](=O)Cc1cc(NCc2ccc(CO)o2)ccc1Cl. The van der Waals surface area contributed by atoms with Crippen LogP contribution in [0, 0.1) is 0 Å². The first-order valence-corrected chi connectivity index (χ1v) is 8.20. The van der Waals surface area contributed by atoms with Gasteiger partial charge in [0.15, 0.2) is 0 Å². The zero-order valence-corrected chi connectivity index (χ0v) is 12.6. The number of aliphatic hydroxyl groups is 1. The standard InChI is InChI=1S/C14H16ClNO3S/c1-20(18)9-10-6-11(2-5-14(10)15)16-7-12-3-4-13(8-17)19-12/h2-6,16-17H,7-9H2,1H3/t20-/m0/s1. The topological polar surface area (TPSA) is 62.5 Å². The summed E-state index contributed by atoms with van der Waals surface area (Å²) in [5.74, 6) is 1.72. The van der Waals surface area contributed by atoms with Crippen molar-refractivity contribution in [3.63, 3.8) is 0 Å². The molecule has 4 nitrogen and oxygen atoms in total. The zero-order chi connectivity index (χ0) is 14.5. The first-order chi connectivity index (χ1) is 9.58. The fourth-order valence-corrected chi connectivity index (χ4v) is 2.75. The highest BCUT2D eigenvalue weighted by Crippen LogP contribution is 2.22. The van der Waals surface area contributed by atoms with E-state index in [9.17, 15) is 4.21 Å². The molecule has 108 valence electrons. The molecule has 0 saturated carbocycles. The van der Waals surface area contributed by atoms with Crippen molar-refractivity contribution < 1.29 is 13.7 Å². The van der Waals surface area contributed by atoms with Crippen molar-refractivity contribution in [3.05, 3.63) is 52.4 Å². The third-order valence-electron chi connectivity index (χ3n) is 2.74. The van der Waals surface area contributed by atoms with E-state index in [0.717, 1.165) is 17.0 Å². The molecule has 0 spiro atoms. The first kappa shape index (κ1) is 15.1. The van der Waals surface area contributed by atoms with Crippen LogP contribution in [0.4, 0.5) is 5.69 Å². The van der Waals surface area contributed by atoms with Gasteiger partial charge in [0.2, 0.25) is 0 Å². The molecule has 2 N–H and O–H groups in total. The van der Waals surface area contributed by atoms with Crippen LogP contribution in [0.5, 0.6) is 0 Å². The molecule has 0 unspecified atom stereocenters. The minimum Gasteiger partial charge on any atom is -0.462 e. The molecule has 20 heavy (non-hydrogen) atoms. The van der Waals surface area contributed by atoms with Crippen molar-refractivity contribution in [2.24, 2.45) is 0 Å². The van der Waals surface area contributed by atoms with Crippen molar-refractivity contribution in [1.82, 2.24) is 0 Å². The molecule has 1 aromatic carbocycles. The maximum Gasteiger partial charge on any atom is 0.129 e. The van der Waals surface area contributed by atoms with Gasteiger partial charge in [-0.3, -0.25) is 4.21 Å². The molecule has 0 saturated heterocycles. The molecule has 0 fully saturated rings. The lowest BCUT2D eigenvalue weighted by molar-refractivity contribution is 0.244. The molecule has 2 aromatic rings. The van der Waals surface area contributed by atoms with E-state index in [1.165, 1.54) is 0 Å². The second-order valence-electron chi connectivity index (χ2n) is 4.40. The number of rotatable bonds is 6. The third-order valence-corrected chi connectivity index (χ3v) is 3.83. The van der Waals surface area contributed by atoms with Gasteiger partial charge < -0.3 is 14.8 Å². The fraction of sp³-hybridized carbons (Fsp3) is 0.286. The quantitative estimate of drug-likeness (QED) is 0.860. The smallest absolute Gasteiger partial charge is 0.129 e. The molecule has 0 aliphatic heterocycles. The largest absolute Gasteiger partial charge is 0.462 e. The summed E-state index contributed by atoms with van der Waals surface area (Å²) in [6.07, 6.45) is 1.65. The third kappa shape index (κ3) is 4.10. The van der Waals surface area contributed by atoms with Crippen LogP contribution >= 0.6 is 11.6 Å². The van der Waals surface area contributed by atoms with Crippen molar-refractivity contribution in [1.29, 1.82) is 0 Å². The van der Waals surface area contributed by atoms with E-state index in [-0.39, 0.29) is 6.61 Å². The van der Waals surface area contributed by atoms with E-state index in [4.69, 9.17) is 21.1 Å². The Bertz CT molecular complexity index is 612. The molecule has 2 rings (SSSR count). The minimum atomic E-state index is -0.931. The lowest BCUT2D eigenvalue weighted by Crippen LogP contribution is -2.00. The monoisotopic (exact) mass is 313 g/mol. The molecule has 1 atom stereocenters. The summed E-state index contributed by atoms with van der Waals surface area (Å²) in [5, 5.41) is 12.8. The van der Waals surface area contributed by atoms with Gasteiger partial charge in [-0.25, -0.2) is 0 Å². The van der Waals surface area contributed by atoms with Crippen LogP contribution < -0.4 is 5.32 Å². The first-order valence-electron chi connectivity index (χ1n) is 6.09. The molecule has 0 bridgehead atoms. The predicted molar refractivity (Wildman–Crippen MR) is 81.2 cm³/mol. The van der Waals surface area contributed by atoms with Crippen molar-refractivity contribution in [2.45, 2.75) is 18.9 Å². The number of furan rings is 1. The minimum absolute atomic E-state index is 0.104. The number of aliphatic hydroxyl groups excluding tert-OH is 1. The average Bonchev–Trinajstić information content (AvgIpc) is 2.87. The zero-order valence-electron chi connectivity index (χ0n) is 11.1. The lowest BCUT2D eigenvalue weighted by Gasteiger charge is -2.08. The highest BCUT2D eigenvalue weighted by atomic mass is 35.5. The average molecular weight is 314 g/mol. The van der Waals surface area contributed by atoms with Crippen LogP contribution in [-0.2, 0) is 29.7 Å². The Morgan fingerprint density at radius 1 is 1.30 bits per heavy atom.